The molecule has 0 amide bonds. The Bertz CT molecular complexity index is 580. The van der Waals surface area contributed by atoms with E-state index in [0.717, 1.165) is 0 Å². The maximum Gasteiger partial charge on any atom is 0.246 e. The van der Waals surface area contributed by atoms with Gasteiger partial charge in [-0.1, -0.05) is 11.6 Å². The third kappa shape index (κ3) is 3.09. The van der Waals surface area contributed by atoms with Crippen LogP contribution in [0.25, 0.3) is 0 Å². The van der Waals surface area contributed by atoms with E-state index in [4.69, 9.17) is 21.1 Å². The Labute approximate surface area is 124 Å². The number of hydrogen-bond acceptors (Lipinski definition) is 4. The van der Waals surface area contributed by atoms with Crippen LogP contribution < -0.4 is 4.74 Å². The smallest absolute Gasteiger partial charge is 0.246 e. The zero-order valence-electron chi connectivity index (χ0n) is 11.7. The topological polar surface area (TPSA) is 55.8 Å². The molecule has 0 spiro atoms. The quantitative estimate of drug-likeness (QED) is 0.856. The second-order valence-electron chi connectivity index (χ2n) is 4.87. The minimum atomic E-state index is -3.65. The van der Waals surface area contributed by atoms with E-state index in [2.05, 4.69) is 0 Å². The highest BCUT2D eigenvalue weighted by atomic mass is 35.5. The Hall–Kier alpha value is -0.820. The first-order valence-electron chi connectivity index (χ1n) is 6.33. The van der Waals surface area contributed by atoms with Crippen molar-refractivity contribution in [3.8, 4) is 5.75 Å². The Kier molecular flexibility index (Phi) is 4.59. The SMILES string of the molecule is COc1ccc(Cl)cc1S(=O)(=O)N1C[C@@H](C)O[C@@H](C)C1. The minimum Gasteiger partial charge on any atom is -0.495 e. The molecule has 0 unspecified atom stereocenters. The van der Waals surface area contributed by atoms with E-state index in [1.165, 1.54) is 17.5 Å². The Balaban J connectivity index is 2.42. The standard InChI is InChI=1S/C13H18ClNO4S/c1-9-7-15(8-10(2)19-9)20(16,17)13-6-11(14)4-5-12(13)18-3/h4-6,9-10H,7-8H2,1-3H3/t9-,10+. The fraction of sp³-hybridized carbons (Fsp3) is 0.538. The first-order chi connectivity index (χ1) is 9.34. The lowest BCUT2D eigenvalue weighted by atomic mass is 10.3. The van der Waals surface area contributed by atoms with Crippen LogP contribution in [0.1, 0.15) is 13.8 Å². The molecule has 7 heteroatoms. The summed E-state index contributed by atoms with van der Waals surface area (Å²) >= 11 is 5.91. The van der Waals surface area contributed by atoms with E-state index in [1.54, 1.807) is 12.1 Å². The molecule has 20 heavy (non-hydrogen) atoms. The van der Waals surface area contributed by atoms with Crippen LogP contribution in [0.15, 0.2) is 23.1 Å². The minimum absolute atomic E-state index is 0.0915. The maximum absolute atomic E-state index is 12.7. The van der Waals surface area contributed by atoms with Crippen molar-refractivity contribution < 1.29 is 17.9 Å². The first-order valence-corrected chi connectivity index (χ1v) is 8.15. The van der Waals surface area contributed by atoms with Crippen molar-refractivity contribution in [3.63, 3.8) is 0 Å². The highest BCUT2D eigenvalue weighted by Crippen LogP contribution is 2.30. The van der Waals surface area contributed by atoms with E-state index < -0.39 is 10.0 Å². The number of halogens is 1. The average Bonchev–Trinajstić information content (AvgIpc) is 2.37. The summed E-state index contributed by atoms with van der Waals surface area (Å²) in [7, 11) is -2.21. The predicted molar refractivity (Wildman–Crippen MR) is 76.8 cm³/mol. The molecule has 0 aliphatic carbocycles. The summed E-state index contributed by atoms with van der Waals surface area (Å²) in [6.07, 6.45) is -0.280. The molecular formula is C13H18ClNO4S. The third-order valence-electron chi connectivity index (χ3n) is 3.13. The molecule has 0 N–H and O–H groups in total. The van der Waals surface area contributed by atoms with Crippen LogP contribution in [-0.4, -0.2) is 45.1 Å². The maximum atomic E-state index is 12.7. The summed E-state index contributed by atoms with van der Waals surface area (Å²) in [5.41, 5.74) is 0. The van der Waals surface area contributed by atoms with Crippen LogP contribution in [0.5, 0.6) is 5.75 Å². The van der Waals surface area contributed by atoms with Crippen LogP contribution in [0.3, 0.4) is 0 Å². The third-order valence-corrected chi connectivity index (χ3v) is 5.22. The van der Waals surface area contributed by atoms with Crippen molar-refractivity contribution in [2.75, 3.05) is 20.2 Å². The molecule has 1 aromatic rings. The Morgan fingerprint density at radius 1 is 1.30 bits per heavy atom. The lowest BCUT2D eigenvalue weighted by Crippen LogP contribution is -2.48. The summed E-state index contributed by atoms with van der Waals surface area (Å²) in [6.45, 7) is 4.35. The van der Waals surface area contributed by atoms with Crippen LogP contribution in [0.4, 0.5) is 0 Å². The van der Waals surface area contributed by atoms with Gasteiger partial charge < -0.3 is 9.47 Å². The molecule has 0 aromatic heterocycles. The van der Waals surface area contributed by atoms with E-state index in [-0.39, 0.29) is 17.1 Å². The van der Waals surface area contributed by atoms with Crippen molar-refractivity contribution >= 4 is 21.6 Å². The van der Waals surface area contributed by atoms with Crippen LogP contribution >= 0.6 is 11.6 Å². The molecule has 5 nitrogen and oxygen atoms in total. The Morgan fingerprint density at radius 3 is 2.45 bits per heavy atom. The molecule has 0 radical (unpaired) electrons. The molecule has 2 rings (SSSR count). The number of methoxy groups -OCH3 is 1. The number of benzene rings is 1. The lowest BCUT2D eigenvalue weighted by Gasteiger charge is -2.34. The van der Waals surface area contributed by atoms with Crippen molar-refractivity contribution in [2.24, 2.45) is 0 Å². The molecule has 1 saturated heterocycles. The van der Waals surface area contributed by atoms with Gasteiger partial charge in [-0.3, -0.25) is 0 Å². The van der Waals surface area contributed by atoms with Crippen molar-refractivity contribution in [1.29, 1.82) is 0 Å². The highest BCUT2D eigenvalue weighted by Gasteiger charge is 2.34. The monoisotopic (exact) mass is 319 g/mol. The second kappa shape index (κ2) is 5.89. The van der Waals surface area contributed by atoms with Gasteiger partial charge in [0, 0.05) is 18.1 Å². The zero-order valence-corrected chi connectivity index (χ0v) is 13.2. The first kappa shape index (κ1) is 15.6. The van der Waals surface area contributed by atoms with Gasteiger partial charge in [-0.25, -0.2) is 8.42 Å². The van der Waals surface area contributed by atoms with E-state index >= 15 is 0 Å². The number of nitrogens with zero attached hydrogens (tertiary/aromatic N) is 1. The molecule has 0 bridgehead atoms. The van der Waals surface area contributed by atoms with Crippen LogP contribution in [0.2, 0.25) is 5.02 Å². The highest BCUT2D eigenvalue weighted by molar-refractivity contribution is 7.89. The van der Waals surface area contributed by atoms with Crippen LogP contribution in [0, 0.1) is 0 Å². The van der Waals surface area contributed by atoms with Gasteiger partial charge in [-0.15, -0.1) is 0 Å². The largest absolute Gasteiger partial charge is 0.495 e. The average molecular weight is 320 g/mol. The summed E-state index contributed by atoms with van der Waals surface area (Å²) in [4.78, 5) is 0.0915. The molecular weight excluding hydrogens is 302 g/mol. The van der Waals surface area contributed by atoms with Gasteiger partial charge in [0.2, 0.25) is 10.0 Å². The van der Waals surface area contributed by atoms with Gasteiger partial charge in [-0.2, -0.15) is 4.31 Å². The molecule has 1 aromatic carbocycles. The van der Waals surface area contributed by atoms with Gasteiger partial charge in [0.1, 0.15) is 10.6 Å². The summed E-state index contributed by atoms with van der Waals surface area (Å²) in [5.74, 6) is 0.293. The lowest BCUT2D eigenvalue weighted by molar-refractivity contribution is -0.0441. The van der Waals surface area contributed by atoms with Gasteiger partial charge in [-0.05, 0) is 32.0 Å². The van der Waals surface area contributed by atoms with Crippen molar-refractivity contribution in [3.05, 3.63) is 23.2 Å². The van der Waals surface area contributed by atoms with E-state index in [1.807, 2.05) is 13.8 Å². The number of morpholine rings is 1. The molecule has 1 aliphatic heterocycles. The van der Waals surface area contributed by atoms with E-state index in [0.29, 0.717) is 23.9 Å². The van der Waals surface area contributed by atoms with Crippen LogP contribution in [-0.2, 0) is 14.8 Å². The number of ether oxygens (including phenoxy) is 2. The normalized spacial score (nSPS) is 24.6. The summed E-state index contributed by atoms with van der Waals surface area (Å²) in [6, 6.07) is 4.58. The van der Waals surface area contributed by atoms with Gasteiger partial charge in [0.05, 0.1) is 19.3 Å². The van der Waals surface area contributed by atoms with Gasteiger partial charge in [0.25, 0.3) is 0 Å². The van der Waals surface area contributed by atoms with Crippen molar-refractivity contribution in [2.45, 2.75) is 31.0 Å². The molecule has 1 heterocycles. The number of rotatable bonds is 3. The Morgan fingerprint density at radius 2 is 1.90 bits per heavy atom. The summed E-state index contributed by atoms with van der Waals surface area (Å²) in [5, 5.41) is 0.360. The second-order valence-corrected chi connectivity index (χ2v) is 7.22. The molecule has 1 aliphatic rings. The molecule has 2 atom stereocenters. The number of sulfonamides is 1. The van der Waals surface area contributed by atoms with Gasteiger partial charge >= 0.3 is 0 Å². The van der Waals surface area contributed by atoms with Gasteiger partial charge in [0.15, 0.2) is 0 Å². The predicted octanol–water partition coefficient (Wildman–Crippen LogP) is 2.15. The molecule has 112 valence electrons. The molecule has 1 fully saturated rings. The molecule has 0 saturated carbocycles. The zero-order chi connectivity index (χ0) is 14.9. The van der Waals surface area contributed by atoms with E-state index in [9.17, 15) is 8.42 Å². The fourth-order valence-corrected chi connectivity index (χ4v) is 4.33. The number of hydrogen-bond donors (Lipinski definition) is 0. The summed E-state index contributed by atoms with van der Waals surface area (Å²) < 4.78 is 37.6. The fourth-order valence-electron chi connectivity index (χ4n) is 2.32. The van der Waals surface area contributed by atoms with Crippen molar-refractivity contribution in [1.82, 2.24) is 4.31 Å².